The van der Waals surface area contributed by atoms with Crippen molar-refractivity contribution in [2.75, 3.05) is 5.75 Å². The number of hydrogen-bond donors (Lipinski definition) is 2. The summed E-state index contributed by atoms with van der Waals surface area (Å²) in [7, 11) is 0. The fourth-order valence-electron chi connectivity index (χ4n) is 1.06. The van der Waals surface area contributed by atoms with Gasteiger partial charge in [-0.2, -0.15) is 13.2 Å². The second-order valence-corrected chi connectivity index (χ2v) is 4.64. The van der Waals surface area contributed by atoms with E-state index in [-0.39, 0.29) is 10.0 Å². The van der Waals surface area contributed by atoms with E-state index in [9.17, 15) is 13.2 Å². The van der Waals surface area contributed by atoms with Crippen molar-refractivity contribution < 1.29 is 18.4 Å². The zero-order chi connectivity index (χ0) is 13.8. The topological polar surface area (TPSA) is 71.5 Å². The van der Waals surface area contributed by atoms with Gasteiger partial charge in [-0.25, -0.2) is 4.98 Å². The fourth-order valence-corrected chi connectivity index (χ4v) is 2.37. The molecule has 1 unspecified atom stereocenters. The Morgan fingerprint density at radius 3 is 2.78 bits per heavy atom. The smallest absolute Gasteiger partial charge is 0.399 e. The lowest BCUT2D eigenvalue weighted by atomic mass is 10.1. The van der Waals surface area contributed by atoms with Crippen molar-refractivity contribution in [3.8, 4) is 0 Å². The first-order valence-corrected chi connectivity index (χ1v) is 6.00. The number of hydrogen-bond acceptors (Lipinski definition) is 4. The molecule has 0 saturated carbocycles. The Hall–Kier alpha value is -1.15. The normalized spacial score (nSPS) is 14.6. The zero-order valence-corrected chi connectivity index (χ0v) is 10.4. The lowest BCUT2D eigenvalue weighted by molar-refractivity contribution is -0.150. The van der Waals surface area contributed by atoms with Crippen LogP contribution in [-0.4, -0.2) is 28.0 Å². The van der Waals surface area contributed by atoms with Gasteiger partial charge in [-0.3, -0.25) is 0 Å². The van der Waals surface area contributed by atoms with Crippen molar-refractivity contribution in [1.29, 1.82) is 0 Å². The summed E-state index contributed by atoms with van der Waals surface area (Å²) in [5.74, 6) is -3.40. The maximum atomic E-state index is 12.6. The molecule has 0 amide bonds. The molecule has 100 valence electrons. The summed E-state index contributed by atoms with van der Waals surface area (Å²) >= 11 is 6.55. The summed E-state index contributed by atoms with van der Waals surface area (Å²) in [6.07, 6.45) is -3.18. The number of rotatable bonds is 4. The Bertz CT molecular complexity index is 441. The van der Waals surface area contributed by atoms with Gasteiger partial charge in [0.25, 0.3) is 0 Å². The summed E-state index contributed by atoms with van der Waals surface area (Å²) in [5, 5.41) is 11.2. The second-order valence-electron chi connectivity index (χ2n) is 3.22. The number of aromatic nitrogens is 1. The highest BCUT2D eigenvalue weighted by Crippen LogP contribution is 2.33. The molecular formula is C9H9ClF3N3OS. The van der Waals surface area contributed by atoms with E-state index in [2.05, 4.69) is 10.1 Å². The van der Waals surface area contributed by atoms with Gasteiger partial charge in [-0.15, -0.1) is 11.8 Å². The largest absolute Gasteiger partial charge is 0.409 e. The Kier molecular flexibility index (Phi) is 5.09. The van der Waals surface area contributed by atoms with Crippen LogP contribution in [0.3, 0.4) is 0 Å². The highest BCUT2D eigenvalue weighted by atomic mass is 35.5. The Balaban J connectivity index is 2.78. The standard InChI is InChI=1S/C9H9ClF3N3OS/c10-6-2-1-3-15-8(6)18-4-5(7(14)16-17)9(11,12)13/h1-3,5,17H,4H2,(H2,14,16). The Labute approximate surface area is 110 Å². The predicted molar refractivity (Wildman–Crippen MR) is 62.9 cm³/mol. The molecule has 0 saturated heterocycles. The molecule has 3 N–H and O–H groups in total. The number of pyridine rings is 1. The molecule has 4 nitrogen and oxygen atoms in total. The number of nitrogens with zero attached hydrogens (tertiary/aromatic N) is 2. The van der Waals surface area contributed by atoms with Crippen LogP contribution in [0.2, 0.25) is 5.02 Å². The monoisotopic (exact) mass is 299 g/mol. The van der Waals surface area contributed by atoms with E-state index in [1.165, 1.54) is 12.3 Å². The second kappa shape index (κ2) is 6.14. The molecule has 1 heterocycles. The Morgan fingerprint density at radius 2 is 2.28 bits per heavy atom. The molecule has 1 aromatic heterocycles. The van der Waals surface area contributed by atoms with Crippen LogP contribution in [0.4, 0.5) is 13.2 Å². The van der Waals surface area contributed by atoms with Crippen LogP contribution in [0.15, 0.2) is 28.5 Å². The third kappa shape index (κ3) is 3.95. The average Bonchev–Trinajstić information content (AvgIpc) is 2.29. The molecule has 0 radical (unpaired) electrons. The quantitative estimate of drug-likeness (QED) is 0.295. The summed E-state index contributed by atoms with van der Waals surface area (Å²) in [6.45, 7) is 0. The van der Waals surface area contributed by atoms with Gasteiger partial charge in [0.2, 0.25) is 0 Å². The first-order valence-electron chi connectivity index (χ1n) is 4.63. The van der Waals surface area contributed by atoms with Crippen LogP contribution in [0.5, 0.6) is 0 Å². The van der Waals surface area contributed by atoms with Crippen molar-refractivity contribution in [3.05, 3.63) is 23.4 Å². The molecule has 0 aromatic carbocycles. The average molecular weight is 300 g/mol. The molecule has 1 rings (SSSR count). The van der Waals surface area contributed by atoms with Crippen molar-refractivity contribution in [3.63, 3.8) is 0 Å². The number of amidine groups is 1. The minimum absolute atomic E-state index is 0.253. The van der Waals surface area contributed by atoms with Crippen LogP contribution >= 0.6 is 23.4 Å². The molecule has 1 atom stereocenters. The van der Waals surface area contributed by atoms with E-state index in [4.69, 9.17) is 22.5 Å². The van der Waals surface area contributed by atoms with Gasteiger partial charge in [0.1, 0.15) is 10.9 Å². The van der Waals surface area contributed by atoms with Crippen molar-refractivity contribution >= 4 is 29.2 Å². The molecule has 0 fully saturated rings. The van der Waals surface area contributed by atoms with Crippen LogP contribution in [0.25, 0.3) is 0 Å². The van der Waals surface area contributed by atoms with Gasteiger partial charge in [-0.05, 0) is 12.1 Å². The third-order valence-corrected chi connectivity index (χ3v) is 3.49. The van der Waals surface area contributed by atoms with Crippen LogP contribution in [0, 0.1) is 5.92 Å². The molecular weight excluding hydrogens is 291 g/mol. The molecule has 0 bridgehead atoms. The summed E-state index contributed by atoms with van der Waals surface area (Å²) in [4.78, 5) is 3.84. The van der Waals surface area contributed by atoms with Gasteiger partial charge in [0.15, 0.2) is 5.84 Å². The van der Waals surface area contributed by atoms with Crippen LogP contribution in [-0.2, 0) is 0 Å². The van der Waals surface area contributed by atoms with E-state index in [0.717, 1.165) is 11.8 Å². The Morgan fingerprint density at radius 1 is 1.61 bits per heavy atom. The van der Waals surface area contributed by atoms with Crippen molar-refractivity contribution in [2.24, 2.45) is 16.8 Å². The van der Waals surface area contributed by atoms with E-state index in [0.29, 0.717) is 0 Å². The van der Waals surface area contributed by atoms with Gasteiger partial charge in [-0.1, -0.05) is 16.8 Å². The van der Waals surface area contributed by atoms with Crippen molar-refractivity contribution in [1.82, 2.24) is 4.98 Å². The number of halogens is 4. The zero-order valence-electron chi connectivity index (χ0n) is 8.86. The number of alkyl halides is 3. The third-order valence-electron chi connectivity index (χ3n) is 1.98. The number of nitrogens with two attached hydrogens (primary N) is 1. The first kappa shape index (κ1) is 14.9. The number of thioether (sulfide) groups is 1. The first-order chi connectivity index (χ1) is 8.36. The molecule has 0 aliphatic carbocycles. The molecule has 18 heavy (non-hydrogen) atoms. The van der Waals surface area contributed by atoms with Crippen molar-refractivity contribution in [2.45, 2.75) is 11.2 Å². The van der Waals surface area contributed by atoms with E-state index < -0.39 is 23.7 Å². The van der Waals surface area contributed by atoms with E-state index in [1.54, 1.807) is 6.07 Å². The molecule has 0 aliphatic heterocycles. The maximum Gasteiger partial charge on any atom is 0.399 e. The molecule has 9 heteroatoms. The van der Waals surface area contributed by atoms with Crippen LogP contribution < -0.4 is 5.73 Å². The maximum absolute atomic E-state index is 12.6. The van der Waals surface area contributed by atoms with E-state index in [1.807, 2.05) is 0 Å². The summed E-state index contributed by atoms with van der Waals surface area (Å²) in [6, 6.07) is 3.08. The van der Waals surface area contributed by atoms with Gasteiger partial charge in [0, 0.05) is 11.9 Å². The molecule has 0 aliphatic rings. The SMILES string of the molecule is N/C(=N/O)C(CSc1ncccc1Cl)C(F)(F)F. The lowest BCUT2D eigenvalue weighted by Gasteiger charge is -2.18. The summed E-state index contributed by atoms with van der Waals surface area (Å²) < 4.78 is 37.9. The molecule has 0 spiro atoms. The predicted octanol–water partition coefficient (Wildman–Crippen LogP) is 2.75. The van der Waals surface area contributed by atoms with Gasteiger partial charge < -0.3 is 10.9 Å². The van der Waals surface area contributed by atoms with Gasteiger partial charge >= 0.3 is 6.18 Å². The highest BCUT2D eigenvalue weighted by Gasteiger charge is 2.42. The lowest BCUT2D eigenvalue weighted by Crippen LogP contribution is -2.37. The molecule has 1 aromatic rings. The fraction of sp³-hybridized carbons (Fsp3) is 0.333. The van der Waals surface area contributed by atoms with Gasteiger partial charge in [0.05, 0.1) is 5.02 Å². The van der Waals surface area contributed by atoms with E-state index >= 15 is 0 Å². The minimum atomic E-state index is -4.59. The number of oxime groups is 1. The summed E-state index contributed by atoms with van der Waals surface area (Å²) in [5.41, 5.74) is 5.02. The minimum Gasteiger partial charge on any atom is -0.409 e. The van der Waals surface area contributed by atoms with Crippen LogP contribution in [0.1, 0.15) is 0 Å². The highest BCUT2D eigenvalue weighted by molar-refractivity contribution is 7.99.